The van der Waals surface area contributed by atoms with E-state index < -0.39 is 5.97 Å². The second-order valence-electron chi connectivity index (χ2n) is 8.10. The summed E-state index contributed by atoms with van der Waals surface area (Å²) in [5.41, 5.74) is 2.56. The lowest BCUT2D eigenvalue weighted by Crippen LogP contribution is -2.10. The fourth-order valence-electron chi connectivity index (χ4n) is 3.88. The van der Waals surface area contributed by atoms with Gasteiger partial charge in [0.05, 0.1) is 22.7 Å². The molecule has 5 rings (SSSR count). The predicted octanol–water partition coefficient (Wildman–Crippen LogP) is 5.31. The Morgan fingerprint density at radius 3 is 2.61 bits per heavy atom. The summed E-state index contributed by atoms with van der Waals surface area (Å²) < 4.78 is 13.3. The molecule has 5 aromatic rings. The third kappa shape index (κ3) is 3.67. The molecule has 0 aliphatic rings. The molecule has 0 N–H and O–H groups in total. The predicted molar refractivity (Wildman–Crippen MR) is 126 cm³/mol. The van der Waals surface area contributed by atoms with E-state index in [9.17, 15) is 9.59 Å². The summed E-state index contributed by atoms with van der Waals surface area (Å²) in [6.07, 6.45) is 3.15. The van der Waals surface area contributed by atoms with Gasteiger partial charge in [-0.1, -0.05) is 30.3 Å². The van der Waals surface area contributed by atoms with Crippen LogP contribution < -0.4 is 10.2 Å². The van der Waals surface area contributed by atoms with Gasteiger partial charge in [-0.25, -0.2) is 14.5 Å². The van der Waals surface area contributed by atoms with Gasteiger partial charge in [0, 0.05) is 23.7 Å². The van der Waals surface area contributed by atoms with Gasteiger partial charge in [0.15, 0.2) is 5.65 Å². The van der Waals surface area contributed by atoms with Crippen LogP contribution in [0.25, 0.3) is 33.1 Å². The number of aromatic nitrogens is 3. The second kappa shape index (κ2) is 8.02. The van der Waals surface area contributed by atoms with Gasteiger partial charge in [-0.15, -0.1) is 0 Å². The zero-order valence-electron chi connectivity index (χ0n) is 18.4. The lowest BCUT2D eigenvalue weighted by atomic mass is 10.0. The van der Waals surface area contributed by atoms with Crippen molar-refractivity contribution in [3.63, 3.8) is 0 Å². The van der Waals surface area contributed by atoms with Crippen molar-refractivity contribution in [2.45, 2.75) is 26.8 Å². The summed E-state index contributed by atoms with van der Waals surface area (Å²) in [5, 5.41) is 5.49. The van der Waals surface area contributed by atoms with Crippen LogP contribution in [0.15, 0.2) is 76.2 Å². The third-order valence-electron chi connectivity index (χ3n) is 5.47. The van der Waals surface area contributed by atoms with Crippen LogP contribution in [0, 0.1) is 6.92 Å². The van der Waals surface area contributed by atoms with Gasteiger partial charge in [-0.3, -0.25) is 4.79 Å². The molecule has 0 unspecified atom stereocenters. The van der Waals surface area contributed by atoms with E-state index in [-0.39, 0.29) is 17.2 Å². The summed E-state index contributed by atoms with van der Waals surface area (Å²) in [6.45, 7) is 5.78. The molecular weight excluding hydrogens is 418 g/mol. The molecule has 0 saturated heterocycles. The van der Waals surface area contributed by atoms with Crippen molar-refractivity contribution in [3.05, 3.63) is 88.5 Å². The summed E-state index contributed by atoms with van der Waals surface area (Å²) in [5.74, 6) is 0.223. The number of hydrogen-bond acceptors (Lipinski definition) is 6. The first-order valence-corrected chi connectivity index (χ1v) is 10.6. The van der Waals surface area contributed by atoms with E-state index in [4.69, 9.17) is 9.15 Å². The topological polar surface area (TPSA) is 87.2 Å². The highest BCUT2D eigenvalue weighted by atomic mass is 16.5. The molecule has 0 radical (unpaired) electrons. The van der Waals surface area contributed by atoms with Crippen LogP contribution in [0.4, 0.5) is 0 Å². The molecule has 0 amide bonds. The Hall–Kier alpha value is -4.26. The molecule has 0 fully saturated rings. The molecule has 3 aromatic heterocycles. The largest absolute Gasteiger partial charge is 0.460 e. The highest BCUT2D eigenvalue weighted by Crippen LogP contribution is 2.27. The fraction of sp³-hybridized carbons (Fsp3) is 0.154. The van der Waals surface area contributed by atoms with Crippen molar-refractivity contribution in [2.75, 3.05) is 0 Å². The average molecular weight is 439 g/mol. The van der Waals surface area contributed by atoms with Crippen LogP contribution in [-0.4, -0.2) is 20.7 Å². The maximum atomic E-state index is 13.1. The smallest absolute Gasteiger partial charge is 0.345 e. The number of hydrogen-bond donors (Lipinski definition) is 0. The second-order valence-corrected chi connectivity index (χ2v) is 8.10. The van der Waals surface area contributed by atoms with Crippen molar-refractivity contribution >= 4 is 28.0 Å². The van der Waals surface area contributed by atoms with E-state index >= 15 is 0 Å². The highest BCUT2D eigenvalue weighted by Gasteiger charge is 2.17. The van der Waals surface area contributed by atoms with Crippen molar-refractivity contribution in [3.8, 4) is 16.9 Å². The number of fused-ring (bicyclic) bond motifs is 2. The van der Waals surface area contributed by atoms with E-state index in [0.29, 0.717) is 33.5 Å². The summed E-state index contributed by atoms with van der Waals surface area (Å²) in [6, 6.07) is 16.0. The molecule has 0 spiro atoms. The van der Waals surface area contributed by atoms with Crippen molar-refractivity contribution in [1.29, 1.82) is 0 Å². The van der Waals surface area contributed by atoms with Gasteiger partial charge < -0.3 is 9.15 Å². The first-order valence-electron chi connectivity index (χ1n) is 10.6. The number of aryl methyl sites for hydroxylation is 1. The molecule has 0 atom stereocenters. The Kier molecular flexibility index (Phi) is 5.01. The zero-order valence-corrected chi connectivity index (χ0v) is 18.4. The number of carbonyl (C=O) groups is 1. The highest BCUT2D eigenvalue weighted by molar-refractivity contribution is 5.94. The molecule has 3 heterocycles. The normalized spacial score (nSPS) is 11.4. The number of carbonyl (C=O) groups excluding carboxylic acids is 1. The minimum Gasteiger partial charge on any atom is -0.460 e. The van der Waals surface area contributed by atoms with Crippen LogP contribution in [0.2, 0.25) is 0 Å². The van der Waals surface area contributed by atoms with Crippen LogP contribution in [0.3, 0.4) is 0 Å². The van der Waals surface area contributed by atoms with Gasteiger partial charge in [0.1, 0.15) is 17.1 Å². The molecule has 7 heteroatoms. The summed E-state index contributed by atoms with van der Waals surface area (Å²) >= 11 is 0. The van der Waals surface area contributed by atoms with Crippen molar-refractivity contribution in [1.82, 2.24) is 14.8 Å². The Labute approximate surface area is 189 Å². The van der Waals surface area contributed by atoms with Crippen LogP contribution in [0.5, 0.6) is 5.75 Å². The molecule has 7 nitrogen and oxygen atoms in total. The van der Waals surface area contributed by atoms with Gasteiger partial charge in [0.2, 0.25) is 5.43 Å². The van der Waals surface area contributed by atoms with Gasteiger partial charge in [-0.2, -0.15) is 5.10 Å². The first-order chi connectivity index (χ1) is 15.9. The minimum absolute atomic E-state index is 0.130. The third-order valence-corrected chi connectivity index (χ3v) is 5.47. The van der Waals surface area contributed by atoms with E-state index in [2.05, 4.69) is 10.1 Å². The lowest BCUT2D eigenvalue weighted by Gasteiger charge is -2.09. The van der Waals surface area contributed by atoms with E-state index in [1.807, 2.05) is 44.2 Å². The first kappa shape index (κ1) is 20.6. The molecular formula is C26H21N3O4. The molecule has 164 valence electrons. The van der Waals surface area contributed by atoms with Gasteiger partial charge in [-0.05, 0) is 44.5 Å². The van der Waals surface area contributed by atoms with Crippen LogP contribution >= 0.6 is 0 Å². The van der Waals surface area contributed by atoms with E-state index in [0.717, 1.165) is 10.9 Å². The summed E-state index contributed by atoms with van der Waals surface area (Å²) in [7, 11) is 0. The number of benzene rings is 2. The van der Waals surface area contributed by atoms with Crippen molar-refractivity contribution < 1.29 is 13.9 Å². The molecule has 2 aromatic carbocycles. The molecule has 0 saturated carbocycles. The molecule has 0 aliphatic heterocycles. The quantitative estimate of drug-likeness (QED) is 0.278. The van der Waals surface area contributed by atoms with E-state index in [1.54, 1.807) is 42.1 Å². The van der Waals surface area contributed by atoms with Gasteiger partial charge >= 0.3 is 5.97 Å². The molecule has 0 bridgehead atoms. The van der Waals surface area contributed by atoms with E-state index in [1.165, 1.54) is 6.20 Å². The van der Waals surface area contributed by atoms with Crippen LogP contribution in [0.1, 0.15) is 36.0 Å². The number of pyridine rings is 1. The number of nitrogens with zero attached hydrogens (tertiary/aromatic N) is 3. The molecule has 0 aliphatic carbocycles. The monoisotopic (exact) mass is 439 g/mol. The molecule has 33 heavy (non-hydrogen) atoms. The summed E-state index contributed by atoms with van der Waals surface area (Å²) in [4.78, 5) is 30.2. The Balaban J connectivity index is 1.46. The van der Waals surface area contributed by atoms with Crippen molar-refractivity contribution in [2.24, 2.45) is 0 Å². The zero-order chi connectivity index (χ0) is 23.1. The van der Waals surface area contributed by atoms with Crippen LogP contribution in [-0.2, 0) is 0 Å². The lowest BCUT2D eigenvalue weighted by molar-refractivity contribution is 0.0734. The number of esters is 1. The Morgan fingerprint density at radius 2 is 1.85 bits per heavy atom. The fourth-order valence-corrected chi connectivity index (χ4v) is 3.88. The number of rotatable bonds is 4. The Morgan fingerprint density at radius 1 is 1.06 bits per heavy atom. The number of ether oxygens (including phenoxy) is 1. The average Bonchev–Trinajstić information content (AvgIpc) is 3.23. The minimum atomic E-state index is -0.555. The standard InChI is InChI=1S/C26H21N3O4/c1-15(2)29-25-18(14-28-29)11-19(13-27-25)26(31)33-20-9-10-21-22(12-20)32-16(3)23(24(21)30)17-7-5-4-6-8-17/h4-15H,1-3H3. The maximum Gasteiger partial charge on any atom is 0.345 e. The maximum absolute atomic E-state index is 13.1. The van der Waals surface area contributed by atoms with Gasteiger partial charge in [0.25, 0.3) is 0 Å². The Bertz CT molecular complexity index is 1570. The SMILES string of the molecule is Cc1oc2cc(OC(=O)c3cnc4c(cnn4C(C)C)c3)ccc2c(=O)c1-c1ccccc1.